The third-order valence-corrected chi connectivity index (χ3v) is 4.16. The van der Waals surface area contributed by atoms with Crippen LogP contribution in [0.2, 0.25) is 0 Å². The molecule has 1 heterocycles. The highest BCUT2D eigenvalue weighted by Crippen LogP contribution is 2.19. The monoisotopic (exact) mass is 424 g/mol. The molecular formula is C22H20N2O7. The van der Waals surface area contributed by atoms with Crippen molar-refractivity contribution in [3.8, 4) is 5.75 Å². The average molecular weight is 424 g/mol. The first-order valence-corrected chi connectivity index (χ1v) is 9.39. The maximum atomic E-state index is 12.0. The van der Waals surface area contributed by atoms with Crippen molar-refractivity contribution in [2.24, 2.45) is 0 Å². The number of hydrogen-bond donors (Lipinski definition) is 2. The highest BCUT2D eigenvalue weighted by Gasteiger charge is 2.20. The topological polar surface area (TPSA) is 124 Å². The Morgan fingerprint density at radius 2 is 1.77 bits per heavy atom. The van der Waals surface area contributed by atoms with E-state index in [9.17, 15) is 19.2 Å². The van der Waals surface area contributed by atoms with Crippen molar-refractivity contribution in [1.29, 1.82) is 0 Å². The standard InChI is InChI=1S/C22H20N2O7/c1-14(21(27)24-22(28)23-12-15-5-3-2-4-6-15)30-20(26)13-29-17-9-7-16-8-10-19(25)31-18(16)11-17/h2-11,14H,12-13H2,1H3,(H2,23,24,27,28). The smallest absolute Gasteiger partial charge is 0.344 e. The van der Waals surface area contributed by atoms with Crippen LogP contribution in [0.1, 0.15) is 12.5 Å². The van der Waals surface area contributed by atoms with E-state index in [1.54, 1.807) is 18.2 Å². The lowest BCUT2D eigenvalue weighted by Gasteiger charge is -2.14. The zero-order chi connectivity index (χ0) is 22.2. The van der Waals surface area contributed by atoms with Gasteiger partial charge >= 0.3 is 17.6 Å². The number of rotatable bonds is 7. The van der Waals surface area contributed by atoms with Crippen molar-refractivity contribution in [3.05, 3.63) is 76.6 Å². The van der Waals surface area contributed by atoms with E-state index in [-0.39, 0.29) is 12.3 Å². The van der Waals surface area contributed by atoms with E-state index < -0.39 is 36.2 Å². The lowest BCUT2D eigenvalue weighted by molar-refractivity contribution is -0.156. The van der Waals surface area contributed by atoms with Crippen LogP contribution in [0.4, 0.5) is 4.79 Å². The molecule has 3 aromatic rings. The minimum absolute atomic E-state index is 0.244. The molecule has 9 heteroatoms. The van der Waals surface area contributed by atoms with Gasteiger partial charge in [-0.2, -0.15) is 0 Å². The van der Waals surface area contributed by atoms with Crippen LogP contribution in [-0.4, -0.2) is 30.6 Å². The molecule has 0 radical (unpaired) electrons. The predicted octanol–water partition coefficient (Wildman–Crippen LogP) is 2.13. The third kappa shape index (κ3) is 6.43. The molecule has 0 aliphatic carbocycles. The Kier molecular flexibility index (Phi) is 7.00. The Morgan fingerprint density at radius 3 is 2.55 bits per heavy atom. The largest absolute Gasteiger partial charge is 0.482 e. The summed E-state index contributed by atoms with van der Waals surface area (Å²) in [6.45, 7) is 1.11. The number of carbonyl (C=O) groups is 3. The van der Waals surface area contributed by atoms with Gasteiger partial charge in [0.05, 0.1) is 0 Å². The maximum absolute atomic E-state index is 12.0. The molecule has 9 nitrogen and oxygen atoms in total. The van der Waals surface area contributed by atoms with Crippen LogP contribution in [0.15, 0.2) is 69.9 Å². The molecule has 0 bridgehead atoms. The second-order valence-electron chi connectivity index (χ2n) is 6.53. The number of benzene rings is 2. The van der Waals surface area contributed by atoms with Crippen LogP contribution in [0.25, 0.3) is 11.0 Å². The molecular weight excluding hydrogens is 404 g/mol. The predicted molar refractivity (Wildman–Crippen MR) is 110 cm³/mol. The van der Waals surface area contributed by atoms with Crippen LogP contribution in [0, 0.1) is 0 Å². The van der Waals surface area contributed by atoms with E-state index in [1.165, 1.54) is 19.1 Å². The number of hydrogen-bond acceptors (Lipinski definition) is 7. The number of nitrogens with one attached hydrogen (secondary N) is 2. The van der Waals surface area contributed by atoms with Crippen molar-refractivity contribution >= 4 is 28.9 Å². The van der Waals surface area contributed by atoms with E-state index in [2.05, 4.69) is 10.6 Å². The van der Waals surface area contributed by atoms with E-state index in [1.807, 2.05) is 30.3 Å². The molecule has 1 aromatic heterocycles. The van der Waals surface area contributed by atoms with E-state index in [0.717, 1.165) is 5.56 Å². The molecule has 0 aliphatic rings. The molecule has 1 atom stereocenters. The SMILES string of the molecule is CC(OC(=O)COc1ccc2ccc(=O)oc2c1)C(=O)NC(=O)NCc1ccccc1. The number of fused-ring (bicyclic) bond motifs is 1. The van der Waals surface area contributed by atoms with E-state index in [4.69, 9.17) is 13.9 Å². The number of urea groups is 1. The van der Waals surface area contributed by atoms with Crippen LogP contribution >= 0.6 is 0 Å². The lowest BCUT2D eigenvalue weighted by Crippen LogP contribution is -2.44. The van der Waals surface area contributed by atoms with Gasteiger partial charge in [0.15, 0.2) is 12.7 Å². The van der Waals surface area contributed by atoms with Crippen LogP contribution in [-0.2, 0) is 20.9 Å². The number of esters is 1. The van der Waals surface area contributed by atoms with Gasteiger partial charge in [0.25, 0.3) is 5.91 Å². The highest BCUT2D eigenvalue weighted by molar-refractivity contribution is 5.97. The summed E-state index contributed by atoms with van der Waals surface area (Å²) in [5, 5.41) is 5.34. The maximum Gasteiger partial charge on any atom is 0.344 e. The summed E-state index contributed by atoms with van der Waals surface area (Å²) in [6.07, 6.45) is -1.20. The summed E-state index contributed by atoms with van der Waals surface area (Å²) < 4.78 is 15.3. The average Bonchev–Trinajstić information content (AvgIpc) is 2.76. The van der Waals surface area contributed by atoms with Gasteiger partial charge in [-0.15, -0.1) is 0 Å². The lowest BCUT2D eigenvalue weighted by atomic mass is 10.2. The molecule has 3 rings (SSSR count). The van der Waals surface area contributed by atoms with Gasteiger partial charge < -0.3 is 19.2 Å². The molecule has 0 fully saturated rings. The third-order valence-electron chi connectivity index (χ3n) is 4.16. The molecule has 3 amide bonds. The Morgan fingerprint density at radius 1 is 1.03 bits per heavy atom. The normalized spacial score (nSPS) is 11.4. The number of carbonyl (C=O) groups excluding carboxylic acids is 3. The van der Waals surface area contributed by atoms with Gasteiger partial charge in [0.2, 0.25) is 0 Å². The number of ether oxygens (including phenoxy) is 2. The second kappa shape index (κ2) is 10.1. The molecule has 0 spiro atoms. The first kappa shape index (κ1) is 21.6. The van der Waals surface area contributed by atoms with Crippen molar-refractivity contribution in [3.63, 3.8) is 0 Å². The quantitative estimate of drug-likeness (QED) is 0.440. The van der Waals surface area contributed by atoms with Gasteiger partial charge in [-0.1, -0.05) is 30.3 Å². The fraction of sp³-hybridized carbons (Fsp3) is 0.182. The number of imide groups is 1. The number of amides is 3. The summed E-state index contributed by atoms with van der Waals surface area (Å²) in [5.41, 5.74) is 0.680. The van der Waals surface area contributed by atoms with Crippen molar-refractivity contribution in [2.75, 3.05) is 6.61 Å². The first-order valence-electron chi connectivity index (χ1n) is 9.39. The van der Waals surface area contributed by atoms with Gasteiger partial charge in [-0.05, 0) is 30.7 Å². The minimum Gasteiger partial charge on any atom is -0.482 e. The Hall–Kier alpha value is -4.14. The Balaban J connectivity index is 1.43. The van der Waals surface area contributed by atoms with Gasteiger partial charge in [0.1, 0.15) is 11.3 Å². The highest BCUT2D eigenvalue weighted by atomic mass is 16.6. The molecule has 0 saturated heterocycles. The summed E-state index contributed by atoms with van der Waals surface area (Å²) in [4.78, 5) is 47.1. The van der Waals surface area contributed by atoms with E-state index >= 15 is 0 Å². The first-order chi connectivity index (χ1) is 14.9. The Bertz CT molecular complexity index is 1140. The van der Waals surface area contributed by atoms with Crippen LogP contribution < -0.4 is 21.0 Å². The molecule has 2 N–H and O–H groups in total. The van der Waals surface area contributed by atoms with Crippen LogP contribution in [0.3, 0.4) is 0 Å². The van der Waals surface area contributed by atoms with Gasteiger partial charge in [0, 0.05) is 24.1 Å². The second-order valence-corrected chi connectivity index (χ2v) is 6.53. The summed E-state index contributed by atoms with van der Waals surface area (Å²) >= 11 is 0. The van der Waals surface area contributed by atoms with Crippen molar-refractivity contribution < 1.29 is 28.3 Å². The van der Waals surface area contributed by atoms with Crippen molar-refractivity contribution in [2.45, 2.75) is 19.6 Å². The molecule has 0 aliphatic heterocycles. The summed E-state index contributed by atoms with van der Waals surface area (Å²) in [7, 11) is 0. The molecule has 0 saturated carbocycles. The molecule has 31 heavy (non-hydrogen) atoms. The van der Waals surface area contributed by atoms with E-state index in [0.29, 0.717) is 11.0 Å². The summed E-state index contributed by atoms with van der Waals surface area (Å²) in [6, 6.07) is 16.1. The molecule has 1 unspecified atom stereocenters. The fourth-order valence-electron chi connectivity index (χ4n) is 2.59. The van der Waals surface area contributed by atoms with Crippen LogP contribution in [0.5, 0.6) is 5.75 Å². The van der Waals surface area contributed by atoms with Crippen molar-refractivity contribution in [1.82, 2.24) is 10.6 Å². The zero-order valence-corrected chi connectivity index (χ0v) is 16.6. The Labute approximate surface area is 177 Å². The summed E-state index contributed by atoms with van der Waals surface area (Å²) in [5.74, 6) is -1.29. The molecule has 160 valence electrons. The van der Waals surface area contributed by atoms with Gasteiger partial charge in [-0.3, -0.25) is 10.1 Å². The zero-order valence-electron chi connectivity index (χ0n) is 16.6. The minimum atomic E-state index is -1.20. The fourth-order valence-corrected chi connectivity index (χ4v) is 2.59. The molecule has 2 aromatic carbocycles. The van der Waals surface area contributed by atoms with Gasteiger partial charge in [-0.25, -0.2) is 14.4 Å².